The van der Waals surface area contributed by atoms with E-state index in [2.05, 4.69) is 42.3 Å². The SMILES string of the molecule is CCCNCc1ccc(C)cc1Cc1nccs1. The number of hydrogen-bond donors (Lipinski definition) is 1. The standard InChI is InChI=1S/C15H20N2S/c1-3-6-16-11-13-5-4-12(2)9-14(13)10-15-17-7-8-18-15/h4-5,7-9,16H,3,6,10-11H2,1-2H3. The lowest BCUT2D eigenvalue weighted by Crippen LogP contribution is -2.15. The van der Waals surface area contributed by atoms with Crippen molar-refractivity contribution in [2.24, 2.45) is 0 Å². The van der Waals surface area contributed by atoms with Crippen LogP contribution in [0.5, 0.6) is 0 Å². The Bertz CT molecular complexity index is 477. The van der Waals surface area contributed by atoms with Gasteiger partial charge in [0.2, 0.25) is 0 Å². The van der Waals surface area contributed by atoms with Crippen LogP contribution in [0.4, 0.5) is 0 Å². The van der Waals surface area contributed by atoms with Crippen molar-refractivity contribution in [1.29, 1.82) is 0 Å². The molecule has 0 spiro atoms. The van der Waals surface area contributed by atoms with Crippen LogP contribution >= 0.6 is 11.3 Å². The molecule has 1 aromatic carbocycles. The summed E-state index contributed by atoms with van der Waals surface area (Å²) in [6, 6.07) is 6.71. The molecule has 0 aliphatic heterocycles. The molecule has 0 saturated carbocycles. The van der Waals surface area contributed by atoms with E-state index in [9.17, 15) is 0 Å². The third-order valence-corrected chi connectivity index (χ3v) is 3.71. The maximum atomic E-state index is 4.38. The second-order valence-corrected chi connectivity index (χ2v) is 5.53. The Hall–Kier alpha value is -1.19. The minimum atomic E-state index is 0.947. The van der Waals surface area contributed by atoms with Gasteiger partial charge in [-0.05, 0) is 31.0 Å². The van der Waals surface area contributed by atoms with Crippen molar-refractivity contribution in [2.45, 2.75) is 33.2 Å². The lowest BCUT2D eigenvalue weighted by Gasteiger charge is -2.10. The largest absolute Gasteiger partial charge is 0.313 e. The zero-order valence-electron chi connectivity index (χ0n) is 11.1. The lowest BCUT2D eigenvalue weighted by molar-refractivity contribution is 0.672. The average Bonchev–Trinajstić information content (AvgIpc) is 2.85. The quantitative estimate of drug-likeness (QED) is 0.804. The second-order valence-electron chi connectivity index (χ2n) is 4.55. The number of benzene rings is 1. The fraction of sp³-hybridized carbons (Fsp3) is 0.400. The highest BCUT2D eigenvalue weighted by molar-refractivity contribution is 7.09. The normalized spacial score (nSPS) is 10.8. The van der Waals surface area contributed by atoms with Crippen molar-refractivity contribution in [3.63, 3.8) is 0 Å². The van der Waals surface area contributed by atoms with Gasteiger partial charge in [0.05, 0.1) is 5.01 Å². The molecule has 2 rings (SSSR count). The molecule has 0 aliphatic rings. The second kappa shape index (κ2) is 6.66. The number of nitrogens with zero attached hydrogens (tertiary/aromatic N) is 1. The van der Waals surface area contributed by atoms with Gasteiger partial charge < -0.3 is 5.32 Å². The van der Waals surface area contributed by atoms with Crippen molar-refractivity contribution in [3.05, 3.63) is 51.5 Å². The van der Waals surface area contributed by atoms with E-state index in [0.717, 1.165) is 19.5 Å². The predicted octanol–water partition coefficient (Wildman–Crippen LogP) is 3.54. The van der Waals surface area contributed by atoms with Crippen LogP contribution in [0.3, 0.4) is 0 Å². The van der Waals surface area contributed by atoms with Gasteiger partial charge in [-0.1, -0.05) is 30.7 Å². The van der Waals surface area contributed by atoms with Crippen molar-refractivity contribution in [3.8, 4) is 0 Å². The molecule has 1 aromatic heterocycles. The first-order valence-corrected chi connectivity index (χ1v) is 7.35. The highest BCUT2D eigenvalue weighted by Gasteiger charge is 2.05. The van der Waals surface area contributed by atoms with E-state index in [4.69, 9.17) is 0 Å². The summed E-state index contributed by atoms with van der Waals surface area (Å²) >= 11 is 1.73. The third kappa shape index (κ3) is 3.65. The molecule has 0 bridgehead atoms. The van der Waals surface area contributed by atoms with Crippen LogP contribution in [0.2, 0.25) is 0 Å². The molecule has 0 aliphatic carbocycles. The van der Waals surface area contributed by atoms with Gasteiger partial charge in [0.1, 0.15) is 0 Å². The number of rotatable bonds is 6. The molecule has 2 nitrogen and oxygen atoms in total. The Morgan fingerprint density at radius 3 is 2.89 bits per heavy atom. The minimum Gasteiger partial charge on any atom is -0.313 e. The van der Waals surface area contributed by atoms with Crippen LogP contribution in [-0.2, 0) is 13.0 Å². The first kappa shape index (κ1) is 13.2. The Kier molecular flexibility index (Phi) is 4.90. The number of hydrogen-bond acceptors (Lipinski definition) is 3. The van der Waals surface area contributed by atoms with E-state index in [1.807, 2.05) is 11.6 Å². The predicted molar refractivity (Wildman–Crippen MR) is 78.1 cm³/mol. The average molecular weight is 260 g/mol. The minimum absolute atomic E-state index is 0.947. The maximum absolute atomic E-state index is 4.38. The summed E-state index contributed by atoms with van der Waals surface area (Å²) in [5, 5.41) is 6.71. The topological polar surface area (TPSA) is 24.9 Å². The van der Waals surface area contributed by atoms with E-state index in [0.29, 0.717) is 0 Å². The molecule has 0 atom stereocenters. The van der Waals surface area contributed by atoms with E-state index < -0.39 is 0 Å². The van der Waals surface area contributed by atoms with Crippen molar-refractivity contribution < 1.29 is 0 Å². The van der Waals surface area contributed by atoms with Gasteiger partial charge in [-0.3, -0.25) is 0 Å². The summed E-state index contributed by atoms with van der Waals surface area (Å²) in [5.41, 5.74) is 4.11. The van der Waals surface area contributed by atoms with Crippen LogP contribution in [0.1, 0.15) is 35.0 Å². The van der Waals surface area contributed by atoms with Gasteiger partial charge in [-0.2, -0.15) is 0 Å². The highest BCUT2D eigenvalue weighted by Crippen LogP contribution is 2.17. The van der Waals surface area contributed by atoms with Gasteiger partial charge in [-0.25, -0.2) is 4.98 Å². The molecule has 0 saturated heterocycles. The number of thiazole rings is 1. The number of aromatic nitrogens is 1. The zero-order valence-corrected chi connectivity index (χ0v) is 11.9. The first-order valence-electron chi connectivity index (χ1n) is 6.47. The maximum Gasteiger partial charge on any atom is 0.0968 e. The van der Waals surface area contributed by atoms with E-state index in [1.54, 1.807) is 11.3 Å². The van der Waals surface area contributed by atoms with Gasteiger partial charge in [0.15, 0.2) is 0 Å². The van der Waals surface area contributed by atoms with Crippen LogP contribution in [0, 0.1) is 6.92 Å². The summed E-state index contributed by atoms with van der Waals surface area (Å²) in [4.78, 5) is 4.38. The molecule has 0 radical (unpaired) electrons. The number of nitrogens with one attached hydrogen (secondary N) is 1. The van der Waals surface area contributed by atoms with Gasteiger partial charge in [0.25, 0.3) is 0 Å². The molecule has 3 heteroatoms. The van der Waals surface area contributed by atoms with Gasteiger partial charge >= 0.3 is 0 Å². The van der Waals surface area contributed by atoms with Crippen LogP contribution in [-0.4, -0.2) is 11.5 Å². The molecule has 0 fully saturated rings. The van der Waals surface area contributed by atoms with E-state index in [1.165, 1.54) is 28.1 Å². The summed E-state index contributed by atoms with van der Waals surface area (Å²) in [6.45, 7) is 6.37. The molecular weight excluding hydrogens is 240 g/mol. The Morgan fingerprint density at radius 2 is 2.17 bits per heavy atom. The Labute approximate surface area is 113 Å². The number of aryl methyl sites for hydroxylation is 1. The van der Waals surface area contributed by atoms with Gasteiger partial charge in [0, 0.05) is 24.5 Å². The monoisotopic (exact) mass is 260 g/mol. The van der Waals surface area contributed by atoms with Crippen LogP contribution in [0.15, 0.2) is 29.8 Å². The zero-order chi connectivity index (χ0) is 12.8. The molecule has 1 N–H and O–H groups in total. The molecule has 18 heavy (non-hydrogen) atoms. The van der Waals surface area contributed by atoms with Gasteiger partial charge in [-0.15, -0.1) is 11.3 Å². The third-order valence-electron chi connectivity index (χ3n) is 2.93. The Morgan fingerprint density at radius 1 is 1.28 bits per heavy atom. The fourth-order valence-electron chi connectivity index (χ4n) is 1.99. The van der Waals surface area contributed by atoms with Crippen LogP contribution < -0.4 is 5.32 Å². The lowest BCUT2D eigenvalue weighted by atomic mass is 10.0. The highest BCUT2D eigenvalue weighted by atomic mass is 32.1. The fourth-order valence-corrected chi connectivity index (χ4v) is 2.63. The summed E-state index contributed by atoms with van der Waals surface area (Å²) in [5.74, 6) is 0. The summed E-state index contributed by atoms with van der Waals surface area (Å²) in [7, 11) is 0. The van der Waals surface area contributed by atoms with E-state index >= 15 is 0 Å². The molecule has 96 valence electrons. The smallest absolute Gasteiger partial charge is 0.0968 e. The van der Waals surface area contributed by atoms with E-state index in [-0.39, 0.29) is 0 Å². The summed E-state index contributed by atoms with van der Waals surface area (Å²) < 4.78 is 0. The molecular formula is C15H20N2S. The first-order chi connectivity index (χ1) is 8.79. The molecule has 0 amide bonds. The molecule has 1 heterocycles. The summed E-state index contributed by atoms with van der Waals surface area (Å²) in [6.07, 6.45) is 4.00. The molecule has 0 unspecified atom stereocenters. The van der Waals surface area contributed by atoms with Crippen molar-refractivity contribution in [1.82, 2.24) is 10.3 Å². The van der Waals surface area contributed by atoms with Crippen molar-refractivity contribution >= 4 is 11.3 Å². The van der Waals surface area contributed by atoms with Crippen LogP contribution in [0.25, 0.3) is 0 Å². The molecule has 2 aromatic rings. The Balaban J connectivity index is 2.12. The van der Waals surface area contributed by atoms with Crippen molar-refractivity contribution in [2.75, 3.05) is 6.54 Å².